The zero-order valence-corrected chi connectivity index (χ0v) is 8.24. The van der Waals surface area contributed by atoms with Gasteiger partial charge in [0, 0.05) is 12.2 Å². The molecule has 0 aromatic carbocycles. The lowest BCUT2D eigenvalue weighted by molar-refractivity contribution is 0.179. The molecule has 5 heteroatoms. The SMILES string of the molecule is CC(O)CC(C)Nc1ccnc(F)n1. The number of halogens is 1. The quantitative estimate of drug-likeness (QED) is 0.715. The zero-order valence-electron chi connectivity index (χ0n) is 8.24. The van der Waals surface area contributed by atoms with E-state index in [2.05, 4.69) is 15.3 Å². The third kappa shape index (κ3) is 3.66. The van der Waals surface area contributed by atoms with Crippen LogP contribution in [0.4, 0.5) is 10.2 Å². The smallest absolute Gasteiger partial charge is 0.310 e. The highest BCUT2D eigenvalue weighted by atomic mass is 19.1. The molecule has 1 rings (SSSR count). The van der Waals surface area contributed by atoms with Crippen molar-refractivity contribution in [2.75, 3.05) is 5.32 Å². The van der Waals surface area contributed by atoms with E-state index in [9.17, 15) is 4.39 Å². The van der Waals surface area contributed by atoms with E-state index < -0.39 is 6.08 Å². The van der Waals surface area contributed by atoms with Crippen molar-refractivity contribution >= 4 is 5.82 Å². The number of aromatic nitrogens is 2. The van der Waals surface area contributed by atoms with Gasteiger partial charge in [0.2, 0.25) is 0 Å². The van der Waals surface area contributed by atoms with Crippen LogP contribution in [0.3, 0.4) is 0 Å². The van der Waals surface area contributed by atoms with Gasteiger partial charge in [0.15, 0.2) is 0 Å². The standard InChI is InChI=1S/C9H14FN3O/c1-6(5-7(2)14)12-8-3-4-11-9(10)13-8/h3-4,6-7,14H,5H2,1-2H3,(H,11,12,13). The van der Waals surface area contributed by atoms with Crippen LogP contribution in [0.25, 0.3) is 0 Å². The fourth-order valence-corrected chi connectivity index (χ4v) is 1.24. The maximum absolute atomic E-state index is 12.6. The molecule has 0 saturated carbocycles. The maximum atomic E-state index is 12.6. The Labute approximate surface area is 82.2 Å². The molecular weight excluding hydrogens is 185 g/mol. The summed E-state index contributed by atoms with van der Waals surface area (Å²) in [6.45, 7) is 3.60. The summed E-state index contributed by atoms with van der Waals surface area (Å²) in [6, 6.07) is 1.63. The van der Waals surface area contributed by atoms with E-state index in [1.165, 1.54) is 6.20 Å². The van der Waals surface area contributed by atoms with Crippen molar-refractivity contribution in [3.63, 3.8) is 0 Å². The van der Waals surface area contributed by atoms with Crippen LogP contribution in [0.5, 0.6) is 0 Å². The van der Waals surface area contributed by atoms with Crippen LogP contribution in [0.2, 0.25) is 0 Å². The van der Waals surface area contributed by atoms with E-state index >= 15 is 0 Å². The fourth-order valence-electron chi connectivity index (χ4n) is 1.24. The Morgan fingerprint density at radius 2 is 2.29 bits per heavy atom. The molecule has 1 aromatic heterocycles. The van der Waals surface area contributed by atoms with E-state index in [0.717, 1.165) is 0 Å². The molecule has 78 valence electrons. The van der Waals surface area contributed by atoms with E-state index in [1.54, 1.807) is 13.0 Å². The molecule has 2 atom stereocenters. The number of anilines is 1. The number of aliphatic hydroxyl groups is 1. The molecule has 2 N–H and O–H groups in total. The van der Waals surface area contributed by atoms with Gasteiger partial charge in [0.25, 0.3) is 0 Å². The minimum absolute atomic E-state index is 0.0456. The van der Waals surface area contributed by atoms with Gasteiger partial charge in [-0.15, -0.1) is 0 Å². The first-order chi connectivity index (χ1) is 6.58. The summed E-state index contributed by atoms with van der Waals surface area (Å²) in [5.74, 6) is 0.436. The number of rotatable bonds is 4. The van der Waals surface area contributed by atoms with Gasteiger partial charge in [0.05, 0.1) is 6.10 Å². The van der Waals surface area contributed by atoms with Gasteiger partial charge in [-0.1, -0.05) is 0 Å². The number of nitrogens with one attached hydrogen (secondary N) is 1. The fraction of sp³-hybridized carbons (Fsp3) is 0.556. The molecule has 0 fully saturated rings. The van der Waals surface area contributed by atoms with Crippen LogP contribution >= 0.6 is 0 Å². The summed E-state index contributed by atoms with van der Waals surface area (Å²) < 4.78 is 12.6. The Kier molecular flexibility index (Phi) is 3.76. The van der Waals surface area contributed by atoms with Crippen molar-refractivity contribution in [3.8, 4) is 0 Å². The van der Waals surface area contributed by atoms with E-state index in [4.69, 9.17) is 5.11 Å². The number of aliphatic hydroxyl groups excluding tert-OH is 1. The summed E-state index contributed by atoms with van der Waals surface area (Å²) in [7, 11) is 0. The number of hydrogen-bond donors (Lipinski definition) is 2. The third-order valence-corrected chi connectivity index (χ3v) is 1.72. The normalized spacial score (nSPS) is 14.9. The second-order valence-corrected chi connectivity index (χ2v) is 3.34. The first-order valence-corrected chi connectivity index (χ1v) is 4.51. The van der Waals surface area contributed by atoms with Gasteiger partial charge in [-0.2, -0.15) is 9.37 Å². The molecular formula is C9H14FN3O. The molecule has 0 amide bonds. The highest BCUT2D eigenvalue weighted by Crippen LogP contribution is 2.06. The largest absolute Gasteiger partial charge is 0.393 e. The lowest BCUT2D eigenvalue weighted by Gasteiger charge is -2.15. The predicted octanol–water partition coefficient (Wildman–Crippen LogP) is 1.19. The monoisotopic (exact) mass is 199 g/mol. The van der Waals surface area contributed by atoms with E-state index in [1.807, 2.05) is 6.92 Å². The highest BCUT2D eigenvalue weighted by Gasteiger charge is 2.06. The molecule has 0 radical (unpaired) electrons. The van der Waals surface area contributed by atoms with Gasteiger partial charge < -0.3 is 10.4 Å². The molecule has 0 aliphatic rings. The van der Waals surface area contributed by atoms with Gasteiger partial charge in [-0.3, -0.25) is 0 Å². The van der Waals surface area contributed by atoms with Crippen molar-refractivity contribution in [1.29, 1.82) is 0 Å². The molecule has 0 saturated heterocycles. The Bertz CT molecular complexity index is 293. The lowest BCUT2D eigenvalue weighted by atomic mass is 10.1. The van der Waals surface area contributed by atoms with Crippen LogP contribution in [-0.2, 0) is 0 Å². The topological polar surface area (TPSA) is 58.0 Å². The lowest BCUT2D eigenvalue weighted by Crippen LogP contribution is -2.21. The first kappa shape index (κ1) is 10.8. The van der Waals surface area contributed by atoms with Crippen LogP contribution in [0.15, 0.2) is 12.3 Å². The maximum Gasteiger partial charge on any atom is 0.310 e. The van der Waals surface area contributed by atoms with Gasteiger partial charge in [-0.05, 0) is 26.3 Å². The van der Waals surface area contributed by atoms with E-state index in [0.29, 0.717) is 12.2 Å². The summed E-state index contributed by atoms with van der Waals surface area (Å²) >= 11 is 0. The van der Waals surface area contributed by atoms with Gasteiger partial charge in [-0.25, -0.2) is 4.98 Å². The molecule has 2 unspecified atom stereocenters. The Morgan fingerprint density at radius 3 is 2.86 bits per heavy atom. The molecule has 0 aliphatic heterocycles. The Morgan fingerprint density at radius 1 is 1.57 bits per heavy atom. The minimum Gasteiger partial charge on any atom is -0.393 e. The first-order valence-electron chi connectivity index (χ1n) is 4.51. The van der Waals surface area contributed by atoms with E-state index in [-0.39, 0.29) is 12.1 Å². The zero-order chi connectivity index (χ0) is 10.6. The summed E-state index contributed by atoms with van der Waals surface area (Å²) in [5.41, 5.74) is 0. The molecule has 0 aliphatic carbocycles. The summed E-state index contributed by atoms with van der Waals surface area (Å²) in [5, 5.41) is 12.1. The molecule has 0 bridgehead atoms. The van der Waals surface area contributed by atoms with Crippen molar-refractivity contribution in [2.45, 2.75) is 32.4 Å². The molecule has 1 aromatic rings. The second kappa shape index (κ2) is 4.85. The van der Waals surface area contributed by atoms with Crippen LogP contribution in [0, 0.1) is 6.08 Å². The average molecular weight is 199 g/mol. The van der Waals surface area contributed by atoms with Crippen molar-refractivity contribution in [1.82, 2.24) is 9.97 Å². The van der Waals surface area contributed by atoms with Crippen molar-refractivity contribution < 1.29 is 9.50 Å². The Hall–Kier alpha value is -1.23. The van der Waals surface area contributed by atoms with Crippen LogP contribution < -0.4 is 5.32 Å². The number of nitrogens with zero attached hydrogens (tertiary/aromatic N) is 2. The molecule has 4 nitrogen and oxygen atoms in total. The molecule has 1 heterocycles. The van der Waals surface area contributed by atoms with Crippen LogP contribution in [-0.4, -0.2) is 27.2 Å². The average Bonchev–Trinajstić information content (AvgIpc) is 2.01. The summed E-state index contributed by atoms with van der Waals surface area (Å²) in [4.78, 5) is 6.89. The van der Waals surface area contributed by atoms with Gasteiger partial charge >= 0.3 is 6.08 Å². The van der Waals surface area contributed by atoms with Gasteiger partial charge in [0.1, 0.15) is 5.82 Å². The highest BCUT2D eigenvalue weighted by molar-refractivity contribution is 5.32. The van der Waals surface area contributed by atoms with Crippen LogP contribution in [0.1, 0.15) is 20.3 Å². The molecule has 0 spiro atoms. The predicted molar refractivity (Wildman–Crippen MR) is 51.4 cm³/mol. The van der Waals surface area contributed by atoms with Crippen molar-refractivity contribution in [3.05, 3.63) is 18.3 Å². The number of hydrogen-bond acceptors (Lipinski definition) is 4. The minimum atomic E-state index is -0.751. The van der Waals surface area contributed by atoms with Crippen molar-refractivity contribution in [2.24, 2.45) is 0 Å². The molecule has 14 heavy (non-hydrogen) atoms. The third-order valence-electron chi connectivity index (χ3n) is 1.72. The second-order valence-electron chi connectivity index (χ2n) is 3.34. The Balaban J connectivity index is 2.51. The summed E-state index contributed by atoms with van der Waals surface area (Å²) in [6.07, 6.45) is 0.800.